The molecule has 0 aromatic heterocycles. The fourth-order valence-electron chi connectivity index (χ4n) is 2.93. The first kappa shape index (κ1) is 20.6. The number of amides is 1. The van der Waals surface area contributed by atoms with Crippen molar-refractivity contribution < 1.29 is 22.7 Å². The second-order valence-electron chi connectivity index (χ2n) is 5.76. The van der Waals surface area contributed by atoms with Crippen LogP contribution >= 0.6 is 12.4 Å². The molecule has 0 radical (unpaired) electrons. The van der Waals surface area contributed by atoms with Gasteiger partial charge in [-0.15, -0.1) is 12.4 Å². The number of nitrogens with one attached hydrogen (secondary N) is 1. The molecule has 2 rings (SSSR count). The molecule has 2 atom stereocenters. The van der Waals surface area contributed by atoms with Gasteiger partial charge in [-0.1, -0.05) is 24.6 Å². The second kappa shape index (κ2) is 9.13. The third-order valence-corrected chi connectivity index (χ3v) is 4.12. The van der Waals surface area contributed by atoms with Gasteiger partial charge in [-0.3, -0.25) is 4.79 Å². The first-order chi connectivity index (χ1) is 10.9. The van der Waals surface area contributed by atoms with Gasteiger partial charge in [0.15, 0.2) is 6.61 Å². The first-order valence-corrected chi connectivity index (χ1v) is 7.66. The zero-order chi connectivity index (χ0) is 16.9. The number of halogens is 4. The molecular weight excluding hydrogens is 345 g/mol. The summed E-state index contributed by atoms with van der Waals surface area (Å²) in [6.45, 7) is -0.736. The number of carbonyl (C=O) groups is 1. The highest BCUT2D eigenvalue weighted by Crippen LogP contribution is 2.31. The molecule has 8 heteroatoms. The molecule has 0 spiro atoms. The minimum absolute atomic E-state index is 0. The Labute approximate surface area is 145 Å². The molecule has 3 N–H and O–H groups in total. The van der Waals surface area contributed by atoms with E-state index in [1.807, 2.05) is 0 Å². The SMILES string of the molecule is Cl.NC[C@H]1CCC[C@H]1C(=O)NCc1ccccc1OCC(F)(F)F. The lowest BCUT2D eigenvalue weighted by molar-refractivity contribution is -0.153. The topological polar surface area (TPSA) is 64.4 Å². The quantitative estimate of drug-likeness (QED) is 0.813. The molecule has 0 aliphatic heterocycles. The Hall–Kier alpha value is -1.47. The molecule has 0 unspecified atom stereocenters. The third kappa shape index (κ3) is 5.87. The van der Waals surface area contributed by atoms with E-state index in [1.54, 1.807) is 18.2 Å². The summed E-state index contributed by atoms with van der Waals surface area (Å²) >= 11 is 0. The third-order valence-electron chi connectivity index (χ3n) is 4.12. The smallest absolute Gasteiger partial charge is 0.422 e. The van der Waals surface area contributed by atoms with Crippen molar-refractivity contribution >= 4 is 18.3 Å². The van der Waals surface area contributed by atoms with E-state index < -0.39 is 12.8 Å². The molecule has 1 aromatic carbocycles. The highest BCUT2D eigenvalue weighted by molar-refractivity contribution is 5.85. The van der Waals surface area contributed by atoms with Crippen molar-refractivity contribution in [3.8, 4) is 5.75 Å². The van der Waals surface area contributed by atoms with Crippen LogP contribution in [0.2, 0.25) is 0 Å². The molecule has 1 aliphatic rings. The molecule has 1 aliphatic carbocycles. The molecule has 1 saturated carbocycles. The van der Waals surface area contributed by atoms with Gasteiger partial charge in [-0.2, -0.15) is 13.2 Å². The molecular formula is C16H22ClF3N2O2. The van der Waals surface area contributed by atoms with E-state index in [2.05, 4.69) is 5.32 Å². The molecule has 1 fully saturated rings. The second-order valence-corrected chi connectivity index (χ2v) is 5.76. The number of ether oxygens (including phenoxy) is 1. The Balaban J connectivity index is 0.00000288. The maximum Gasteiger partial charge on any atom is 0.422 e. The summed E-state index contributed by atoms with van der Waals surface area (Å²) in [5.41, 5.74) is 6.19. The molecule has 0 bridgehead atoms. The molecule has 4 nitrogen and oxygen atoms in total. The zero-order valence-electron chi connectivity index (χ0n) is 13.1. The average molecular weight is 367 g/mol. The average Bonchev–Trinajstić information content (AvgIpc) is 2.99. The predicted molar refractivity (Wildman–Crippen MR) is 87.0 cm³/mol. The van der Waals surface area contributed by atoms with Crippen molar-refractivity contribution in [1.29, 1.82) is 0 Å². The van der Waals surface area contributed by atoms with Gasteiger partial charge in [-0.05, 0) is 31.4 Å². The van der Waals surface area contributed by atoms with E-state index in [-0.39, 0.29) is 42.4 Å². The minimum atomic E-state index is -4.39. The summed E-state index contributed by atoms with van der Waals surface area (Å²) in [5.74, 6) is 0.116. The van der Waals surface area contributed by atoms with Crippen molar-refractivity contribution in [2.24, 2.45) is 17.6 Å². The van der Waals surface area contributed by atoms with Crippen LogP contribution in [0.5, 0.6) is 5.75 Å². The van der Waals surface area contributed by atoms with Crippen LogP contribution in [-0.4, -0.2) is 25.2 Å². The summed E-state index contributed by atoms with van der Waals surface area (Å²) in [6.07, 6.45) is -1.67. The van der Waals surface area contributed by atoms with E-state index in [4.69, 9.17) is 10.5 Å². The standard InChI is InChI=1S/C16H21F3N2O2.ClH/c17-16(18,19)10-23-14-7-2-1-4-12(14)9-21-15(22)13-6-3-5-11(13)8-20;/h1-2,4,7,11,13H,3,5-6,8-10,20H2,(H,21,22);1H/t11-,13-;/m1./s1. The van der Waals surface area contributed by atoms with Crippen molar-refractivity contribution in [2.75, 3.05) is 13.2 Å². The molecule has 24 heavy (non-hydrogen) atoms. The lowest BCUT2D eigenvalue weighted by atomic mass is 9.95. The number of rotatable bonds is 6. The Morgan fingerprint density at radius 1 is 1.29 bits per heavy atom. The molecule has 136 valence electrons. The maximum atomic E-state index is 12.3. The highest BCUT2D eigenvalue weighted by Gasteiger charge is 2.32. The zero-order valence-corrected chi connectivity index (χ0v) is 14.0. The van der Waals surface area contributed by atoms with Gasteiger partial charge < -0.3 is 15.8 Å². The summed E-state index contributed by atoms with van der Waals surface area (Å²) in [7, 11) is 0. The van der Waals surface area contributed by atoms with Gasteiger partial charge in [0, 0.05) is 18.0 Å². The molecule has 1 aromatic rings. The van der Waals surface area contributed by atoms with Crippen molar-refractivity contribution in [2.45, 2.75) is 32.0 Å². The fraction of sp³-hybridized carbons (Fsp3) is 0.562. The summed E-state index contributed by atoms with van der Waals surface area (Å²) < 4.78 is 41.6. The summed E-state index contributed by atoms with van der Waals surface area (Å²) in [6, 6.07) is 6.39. The Bertz CT molecular complexity index is 540. The van der Waals surface area contributed by atoms with Crippen LogP contribution in [0.25, 0.3) is 0 Å². The van der Waals surface area contributed by atoms with Crippen LogP contribution in [0.4, 0.5) is 13.2 Å². The number of para-hydroxylation sites is 1. The number of hydrogen-bond donors (Lipinski definition) is 2. The van der Waals surface area contributed by atoms with Crippen LogP contribution in [0.3, 0.4) is 0 Å². The Morgan fingerprint density at radius 2 is 2.00 bits per heavy atom. The number of hydrogen-bond acceptors (Lipinski definition) is 3. The van der Waals surface area contributed by atoms with Gasteiger partial charge in [0.2, 0.25) is 5.91 Å². The van der Waals surface area contributed by atoms with E-state index in [9.17, 15) is 18.0 Å². The summed E-state index contributed by atoms with van der Waals surface area (Å²) in [5, 5.41) is 2.79. The van der Waals surface area contributed by atoms with Crippen LogP contribution in [0.1, 0.15) is 24.8 Å². The number of nitrogens with two attached hydrogens (primary N) is 1. The predicted octanol–water partition coefficient (Wildman–Crippen LogP) is 3.04. The van der Waals surface area contributed by atoms with Gasteiger partial charge in [-0.25, -0.2) is 0 Å². The van der Waals surface area contributed by atoms with Crippen molar-refractivity contribution in [1.82, 2.24) is 5.32 Å². The fourth-order valence-corrected chi connectivity index (χ4v) is 2.93. The van der Waals surface area contributed by atoms with E-state index in [0.29, 0.717) is 12.1 Å². The molecule has 0 saturated heterocycles. The van der Waals surface area contributed by atoms with Gasteiger partial charge in [0.1, 0.15) is 5.75 Å². The van der Waals surface area contributed by atoms with Gasteiger partial charge >= 0.3 is 6.18 Å². The number of benzene rings is 1. The summed E-state index contributed by atoms with van der Waals surface area (Å²) in [4.78, 5) is 12.2. The normalized spacial score (nSPS) is 20.3. The Kier molecular flexibility index (Phi) is 7.83. The molecule has 1 amide bonds. The van der Waals surface area contributed by atoms with Gasteiger partial charge in [0.25, 0.3) is 0 Å². The van der Waals surface area contributed by atoms with Crippen molar-refractivity contribution in [3.05, 3.63) is 29.8 Å². The monoisotopic (exact) mass is 366 g/mol. The van der Waals surface area contributed by atoms with E-state index >= 15 is 0 Å². The minimum Gasteiger partial charge on any atom is -0.484 e. The van der Waals surface area contributed by atoms with Crippen LogP contribution < -0.4 is 15.8 Å². The largest absolute Gasteiger partial charge is 0.484 e. The molecule has 0 heterocycles. The lowest BCUT2D eigenvalue weighted by Crippen LogP contribution is -2.34. The van der Waals surface area contributed by atoms with E-state index in [0.717, 1.165) is 19.3 Å². The van der Waals surface area contributed by atoms with Gasteiger partial charge in [0.05, 0.1) is 0 Å². The number of carbonyl (C=O) groups excluding carboxylic acids is 1. The van der Waals surface area contributed by atoms with Crippen LogP contribution in [0.15, 0.2) is 24.3 Å². The lowest BCUT2D eigenvalue weighted by Gasteiger charge is -2.18. The number of alkyl halides is 3. The highest BCUT2D eigenvalue weighted by atomic mass is 35.5. The Morgan fingerprint density at radius 3 is 2.67 bits per heavy atom. The van der Waals surface area contributed by atoms with E-state index in [1.165, 1.54) is 6.07 Å². The maximum absolute atomic E-state index is 12.3. The van der Waals surface area contributed by atoms with Crippen LogP contribution in [-0.2, 0) is 11.3 Å². The van der Waals surface area contributed by atoms with Crippen LogP contribution in [0, 0.1) is 11.8 Å². The van der Waals surface area contributed by atoms with Crippen molar-refractivity contribution in [3.63, 3.8) is 0 Å². The first-order valence-electron chi connectivity index (χ1n) is 7.66.